The van der Waals surface area contributed by atoms with E-state index in [0.29, 0.717) is 5.92 Å². The fourth-order valence-corrected chi connectivity index (χ4v) is 2.70. The lowest BCUT2D eigenvalue weighted by Crippen LogP contribution is -2.25. The van der Waals surface area contributed by atoms with E-state index >= 15 is 0 Å². The zero-order valence-electron chi connectivity index (χ0n) is 12.4. The maximum absolute atomic E-state index is 10.8. The maximum atomic E-state index is 10.8. The van der Waals surface area contributed by atoms with Gasteiger partial charge in [-0.1, -0.05) is 64.8 Å². The molecular formula is C17H28O. The molecule has 1 nitrogen and oxygen atoms in total. The summed E-state index contributed by atoms with van der Waals surface area (Å²) in [4.78, 5) is 0. The van der Waals surface area contributed by atoms with Crippen LogP contribution in [0.25, 0.3) is 0 Å². The monoisotopic (exact) mass is 248 g/mol. The zero-order valence-corrected chi connectivity index (χ0v) is 12.4. The van der Waals surface area contributed by atoms with Crippen molar-refractivity contribution in [1.29, 1.82) is 0 Å². The first-order chi connectivity index (χ1) is 8.51. The van der Waals surface area contributed by atoms with Crippen LogP contribution in [0.2, 0.25) is 0 Å². The predicted molar refractivity (Wildman–Crippen MR) is 78.7 cm³/mol. The van der Waals surface area contributed by atoms with Crippen molar-refractivity contribution in [2.24, 2.45) is 5.92 Å². The maximum Gasteiger partial charge on any atom is 0.0896 e. The Balaban J connectivity index is 2.97. The molecule has 0 aromatic heterocycles. The molecule has 18 heavy (non-hydrogen) atoms. The van der Waals surface area contributed by atoms with E-state index in [1.165, 1.54) is 5.56 Å². The van der Waals surface area contributed by atoms with Gasteiger partial charge >= 0.3 is 0 Å². The van der Waals surface area contributed by atoms with E-state index in [9.17, 15) is 5.11 Å². The largest absolute Gasteiger partial charge is 0.385 e. The molecule has 102 valence electrons. The van der Waals surface area contributed by atoms with E-state index in [2.05, 4.69) is 52.0 Å². The summed E-state index contributed by atoms with van der Waals surface area (Å²) in [6, 6.07) is 8.53. The van der Waals surface area contributed by atoms with Gasteiger partial charge in [-0.2, -0.15) is 0 Å². The van der Waals surface area contributed by atoms with Crippen molar-refractivity contribution in [3.05, 3.63) is 35.4 Å². The summed E-state index contributed by atoms with van der Waals surface area (Å²) in [7, 11) is 0. The Kier molecular flexibility index (Phi) is 5.87. The topological polar surface area (TPSA) is 20.2 Å². The standard InChI is InChI=1S/C17H28O/c1-5-10-17(18,11-6-2)16-9-7-8-15(13-16)12-14(3)4/h7-9,13-14,18H,5-6,10-12H2,1-4H3. The van der Waals surface area contributed by atoms with Crippen LogP contribution in [0.3, 0.4) is 0 Å². The first-order valence-electron chi connectivity index (χ1n) is 7.33. The SMILES string of the molecule is CCCC(O)(CCC)c1cccc(CC(C)C)c1. The lowest BCUT2D eigenvalue weighted by atomic mass is 9.84. The fourth-order valence-electron chi connectivity index (χ4n) is 2.70. The molecule has 0 fully saturated rings. The van der Waals surface area contributed by atoms with E-state index in [1.807, 2.05) is 0 Å². The van der Waals surface area contributed by atoms with Crippen LogP contribution in [-0.2, 0) is 12.0 Å². The second kappa shape index (κ2) is 6.94. The molecule has 0 radical (unpaired) electrons. The summed E-state index contributed by atoms with van der Waals surface area (Å²) in [5.41, 5.74) is 1.81. The van der Waals surface area contributed by atoms with Gasteiger partial charge in [-0.15, -0.1) is 0 Å². The molecule has 0 heterocycles. The molecule has 0 saturated carbocycles. The van der Waals surface area contributed by atoms with Crippen molar-refractivity contribution in [2.75, 3.05) is 0 Å². The van der Waals surface area contributed by atoms with E-state index < -0.39 is 5.60 Å². The van der Waals surface area contributed by atoms with E-state index in [0.717, 1.165) is 37.7 Å². The Morgan fingerprint density at radius 3 is 2.22 bits per heavy atom. The quantitative estimate of drug-likeness (QED) is 0.743. The highest BCUT2D eigenvalue weighted by molar-refractivity contribution is 5.28. The third-order valence-electron chi connectivity index (χ3n) is 3.44. The van der Waals surface area contributed by atoms with Crippen LogP contribution in [0.4, 0.5) is 0 Å². The molecule has 0 aliphatic rings. The average Bonchev–Trinajstić information content (AvgIpc) is 2.29. The molecule has 0 unspecified atom stereocenters. The van der Waals surface area contributed by atoms with Gasteiger partial charge in [0.2, 0.25) is 0 Å². The van der Waals surface area contributed by atoms with Gasteiger partial charge in [0, 0.05) is 0 Å². The highest BCUT2D eigenvalue weighted by Gasteiger charge is 2.27. The Hall–Kier alpha value is -0.820. The molecule has 0 aliphatic carbocycles. The van der Waals surface area contributed by atoms with E-state index in [-0.39, 0.29) is 0 Å². The van der Waals surface area contributed by atoms with Crippen LogP contribution in [0.15, 0.2) is 24.3 Å². The van der Waals surface area contributed by atoms with Gasteiger partial charge in [-0.05, 0) is 36.3 Å². The van der Waals surface area contributed by atoms with Crippen molar-refractivity contribution < 1.29 is 5.11 Å². The Bertz CT molecular complexity index is 348. The molecule has 0 saturated heterocycles. The Morgan fingerprint density at radius 2 is 1.72 bits per heavy atom. The van der Waals surface area contributed by atoms with Crippen molar-refractivity contribution in [3.63, 3.8) is 0 Å². The molecule has 1 aromatic rings. The lowest BCUT2D eigenvalue weighted by molar-refractivity contribution is 0.0169. The molecule has 1 N–H and O–H groups in total. The lowest BCUT2D eigenvalue weighted by Gasteiger charge is -2.28. The first kappa shape index (κ1) is 15.2. The van der Waals surface area contributed by atoms with Crippen molar-refractivity contribution >= 4 is 0 Å². The van der Waals surface area contributed by atoms with Gasteiger partial charge in [0.25, 0.3) is 0 Å². The van der Waals surface area contributed by atoms with E-state index in [1.54, 1.807) is 0 Å². The van der Waals surface area contributed by atoms with Gasteiger partial charge < -0.3 is 5.11 Å². The minimum Gasteiger partial charge on any atom is -0.385 e. The van der Waals surface area contributed by atoms with Crippen LogP contribution in [0, 0.1) is 5.92 Å². The normalized spacial score (nSPS) is 12.1. The predicted octanol–water partition coefficient (Wildman–Crippen LogP) is 4.67. The van der Waals surface area contributed by atoms with E-state index in [4.69, 9.17) is 0 Å². The Morgan fingerprint density at radius 1 is 1.11 bits per heavy atom. The fraction of sp³-hybridized carbons (Fsp3) is 0.647. The first-order valence-corrected chi connectivity index (χ1v) is 7.33. The summed E-state index contributed by atoms with van der Waals surface area (Å²) >= 11 is 0. The molecule has 1 heteroatoms. The number of rotatable bonds is 7. The van der Waals surface area contributed by atoms with Crippen LogP contribution in [0.5, 0.6) is 0 Å². The van der Waals surface area contributed by atoms with Crippen LogP contribution >= 0.6 is 0 Å². The third-order valence-corrected chi connectivity index (χ3v) is 3.44. The minimum atomic E-state index is -0.628. The van der Waals surface area contributed by atoms with Gasteiger partial charge in [0.1, 0.15) is 0 Å². The van der Waals surface area contributed by atoms with Gasteiger partial charge in [0.05, 0.1) is 5.60 Å². The molecule has 1 rings (SSSR count). The summed E-state index contributed by atoms with van der Waals surface area (Å²) in [6.07, 6.45) is 4.83. The Labute approximate surface area is 112 Å². The second-order valence-corrected chi connectivity index (χ2v) is 5.83. The third kappa shape index (κ3) is 4.13. The van der Waals surface area contributed by atoms with Gasteiger partial charge in [-0.3, -0.25) is 0 Å². The molecule has 0 spiro atoms. The molecule has 1 aromatic carbocycles. The molecule has 0 atom stereocenters. The second-order valence-electron chi connectivity index (χ2n) is 5.83. The van der Waals surface area contributed by atoms with Crippen LogP contribution in [0.1, 0.15) is 64.5 Å². The highest BCUT2D eigenvalue weighted by Crippen LogP contribution is 2.32. The molecule has 0 amide bonds. The molecule has 0 aliphatic heterocycles. The van der Waals surface area contributed by atoms with Crippen LogP contribution in [-0.4, -0.2) is 5.11 Å². The van der Waals surface area contributed by atoms with Gasteiger partial charge in [0.15, 0.2) is 0 Å². The summed E-state index contributed by atoms with van der Waals surface area (Å²) in [5.74, 6) is 0.658. The summed E-state index contributed by atoms with van der Waals surface area (Å²) in [5, 5.41) is 10.8. The number of aliphatic hydroxyl groups is 1. The smallest absolute Gasteiger partial charge is 0.0896 e. The number of hydrogen-bond acceptors (Lipinski definition) is 1. The molecular weight excluding hydrogens is 220 g/mol. The molecule has 0 bridgehead atoms. The highest BCUT2D eigenvalue weighted by atomic mass is 16.3. The summed E-state index contributed by atoms with van der Waals surface area (Å²) in [6.45, 7) is 8.74. The van der Waals surface area contributed by atoms with Crippen LogP contribution < -0.4 is 0 Å². The minimum absolute atomic E-state index is 0.628. The average molecular weight is 248 g/mol. The zero-order chi connectivity index (χ0) is 13.6. The number of hydrogen-bond donors (Lipinski definition) is 1. The number of benzene rings is 1. The van der Waals surface area contributed by atoms with Gasteiger partial charge in [-0.25, -0.2) is 0 Å². The summed E-state index contributed by atoms with van der Waals surface area (Å²) < 4.78 is 0. The van der Waals surface area contributed by atoms with Crippen molar-refractivity contribution in [3.8, 4) is 0 Å². The van der Waals surface area contributed by atoms with Crippen molar-refractivity contribution in [2.45, 2.75) is 65.4 Å². The van der Waals surface area contributed by atoms with Crippen molar-refractivity contribution in [1.82, 2.24) is 0 Å².